The first-order chi connectivity index (χ1) is 8.58. The first kappa shape index (κ1) is 12.4. The Balaban J connectivity index is 2.22. The van der Waals surface area contributed by atoms with E-state index in [1.807, 2.05) is 19.1 Å². The third kappa shape index (κ3) is 2.62. The molecule has 0 bridgehead atoms. The molecule has 0 fully saturated rings. The monoisotopic (exact) mass is 246 g/mol. The highest BCUT2D eigenvalue weighted by Gasteiger charge is 2.11. The van der Waals surface area contributed by atoms with Crippen molar-refractivity contribution < 1.29 is 13.6 Å². The number of rotatable bonds is 3. The van der Waals surface area contributed by atoms with Gasteiger partial charge in [0.15, 0.2) is 17.4 Å². The van der Waals surface area contributed by atoms with Gasteiger partial charge in [0.1, 0.15) is 0 Å². The molecule has 0 N–H and O–H groups in total. The van der Waals surface area contributed by atoms with E-state index >= 15 is 0 Å². The SMILES string of the molecule is Cc1ccccc1C(=O)Cc1ccc(F)c(F)c1. The van der Waals surface area contributed by atoms with Gasteiger partial charge in [-0.1, -0.05) is 30.3 Å². The molecule has 0 unspecified atom stereocenters. The van der Waals surface area contributed by atoms with Gasteiger partial charge in [0, 0.05) is 12.0 Å². The van der Waals surface area contributed by atoms with E-state index in [1.165, 1.54) is 6.07 Å². The normalized spacial score (nSPS) is 10.4. The van der Waals surface area contributed by atoms with Crippen molar-refractivity contribution in [3.8, 4) is 0 Å². The highest BCUT2D eigenvalue weighted by Crippen LogP contribution is 2.14. The van der Waals surface area contributed by atoms with E-state index in [0.717, 1.165) is 17.7 Å². The van der Waals surface area contributed by atoms with Crippen LogP contribution in [0.3, 0.4) is 0 Å². The van der Waals surface area contributed by atoms with Crippen LogP contribution in [0.4, 0.5) is 8.78 Å². The number of Topliss-reactive ketones (excluding diaryl/α,β-unsaturated/α-hetero) is 1. The predicted octanol–water partition coefficient (Wildman–Crippen LogP) is 3.70. The number of carbonyl (C=O) groups excluding carboxylic acids is 1. The summed E-state index contributed by atoms with van der Waals surface area (Å²) >= 11 is 0. The third-order valence-corrected chi connectivity index (χ3v) is 2.79. The van der Waals surface area contributed by atoms with E-state index in [4.69, 9.17) is 0 Å². The summed E-state index contributed by atoms with van der Waals surface area (Å²) in [5, 5.41) is 0. The van der Waals surface area contributed by atoms with Gasteiger partial charge in [0.2, 0.25) is 0 Å². The Morgan fingerprint density at radius 3 is 2.44 bits per heavy atom. The van der Waals surface area contributed by atoms with Crippen molar-refractivity contribution in [3.63, 3.8) is 0 Å². The van der Waals surface area contributed by atoms with Crippen LogP contribution in [0.25, 0.3) is 0 Å². The molecule has 2 aromatic rings. The minimum atomic E-state index is -0.926. The van der Waals surface area contributed by atoms with Gasteiger partial charge in [-0.05, 0) is 30.2 Å². The summed E-state index contributed by atoms with van der Waals surface area (Å²) in [6, 6.07) is 10.7. The number of benzene rings is 2. The average Bonchev–Trinajstić information content (AvgIpc) is 2.34. The molecular formula is C15H12F2O. The highest BCUT2D eigenvalue weighted by atomic mass is 19.2. The first-order valence-corrected chi connectivity index (χ1v) is 5.60. The summed E-state index contributed by atoms with van der Waals surface area (Å²) < 4.78 is 25.8. The molecule has 18 heavy (non-hydrogen) atoms. The summed E-state index contributed by atoms with van der Waals surface area (Å²) in [5.74, 6) is -1.92. The molecule has 0 radical (unpaired) electrons. The van der Waals surface area contributed by atoms with Crippen LogP contribution in [0.1, 0.15) is 21.5 Å². The van der Waals surface area contributed by atoms with Crippen molar-refractivity contribution in [2.24, 2.45) is 0 Å². The fourth-order valence-corrected chi connectivity index (χ4v) is 1.82. The molecule has 2 rings (SSSR count). The Morgan fingerprint density at radius 1 is 1.06 bits per heavy atom. The molecule has 0 atom stereocenters. The lowest BCUT2D eigenvalue weighted by Crippen LogP contribution is -2.06. The number of aryl methyl sites for hydroxylation is 1. The van der Waals surface area contributed by atoms with Crippen LogP contribution in [-0.2, 0) is 6.42 Å². The molecule has 0 aliphatic carbocycles. The first-order valence-electron chi connectivity index (χ1n) is 5.60. The van der Waals surface area contributed by atoms with Gasteiger partial charge in [0.05, 0.1) is 0 Å². The average molecular weight is 246 g/mol. The predicted molar refractivity (Wildman–Crippen MR) is 65.6 cm³/mol. The van der Waals surface area contributed by atoms with E-state index < -0.39 is 11.6 Å². The molecule has 0 saturated carbocycles. The maximum atomic E-state index is 13.0. The third-order valence-electron chi connectivity index (χ3n) is 2.79. The molecule has 92 valence electrons. The second-order valence-corrected chi connectivity index (χ2v) is 4.16. The fraction of sp³-hybridized carbons (Fsp3) is 0.133. The molecule has 2 aromatic carbocycles. The van der Waals surface area contributed by atoms with E-state index in [2.05, 4.69) is 0 Å². The van der Waals surface area contributed by atoms with Crippen LogP contribution in [0.2, 0.25) is 0 Å². The Bertz CT molecular complexity index is 591. The summed E-state index contributed by atoms with van der Waals surface area (Å²) in [5.41, 5.74) is 1.97. The largest absolute Gasteiger partial charge is 0.294 e. The van der Waals surface area contributed by atoms with Gasteiger partial charge in [-0.15, -0.1) is 0 Å². The molecule has 0 aliphatic rings. The lowest BCUT2D eigenvalue weighted by atomic mass is 9.99. The smallest absolute Gasteiger partial charge is 0.167 e. The molecular weight excluding hydrogens is 234 g/mol. The zero-order valence-corrected chi connectivity index (χ0v) is 9.91. The van der Waals surface area contributed by atoms with Crippen LogP contribution in [0.15, 0.2) is 42.5 Å². The summed E-state index contributed by atoms with van der Waals surface area (Å²) in [4.78, 5) is 12.0. The van der Waals surface area contributed by atoms with Gasteiger partial charge in [-0.2, -0.15) is 0 Å². The van der Waals surface area contributed by atoms with Crippen LogP contribution < -0.4 is 0 Å². The topological polar surface area (TPSA) is 17.1 Å². The van der Waals surface area contributed by atoms with Gasteiger partial charge in [0.25, 0.3) is 0 Å². The van der Waals surface area contributed by atoms with Gasteiger partial charge < -0.3 is 0 Å². The molecule has 0 aromatic heterocycles. The van der Waals surface area contributed by atoms with Crippen molar-refractivity contribution in [2.45, 2.75) is 13.3 Å². The maximum Gasteiger partial charge on any atom is 0.167 e. The number of hydrogen-bond acceptors (Lipinski definition) is 1. The molecule has 0 aliphatic heterocycles. The molecule has 0 spiro atoms. The second-order valence-electron chi connectivity index (χ2n) is 4.16. The number of hydrogen-bond donors (Lipinski definition) is 0. The molecule has 0 amide bonds. The zero-order valence-electron chi connectivity index (χ0n) is 9.91. The number of ketones is 1. The van der Waals surface area contributed by atoms with E-state index in [0.29, 0.717) is 11.1 Å². The summed E-state index contributed by atoms with van der Waals surface area (Å²) in [6.45, 7) is 1.85. The maximum absolute atomic E-state index is 13.0. The number of halogens is 2. The fourth-order valence-electron chi connectivity index (χ4n) is 1.82. The molecule has 0 saturated heterocycles. The lowest BCUT2D eigenvalue weighted by molar-refractivity contribution is 0.0992. The Labute approximate surface area is 104 Å². The van der Waals surface area contributed by atoms with Crippen molar-refractivity contribution in [1.29, 1.82) is 0 Å². The van der Waals surface area contributed by atoms with Crippen molar-refractivity contribution in [2.75, 3.05) is 0 Å². The minimum absolute atomic E-state index is 0.0715. The second kappa shape index (κ2) is 5.08. The molecule has 3 heteroatoms. The Morgan fingerprint density at radius 2 is 1.78 bits per heavy atom. The highest BCUT2D eigenvalue weighted by molar-refractivity contribution is 5.98. The Kier molecular flexibility index (Phi) is 3.51. The van der Waals surface area contributed by atoms with Crippen molar-refractivity contribution in [3.05, 3.63) is 70.8 Å². The van der Waals surface area contributed by atoms with E-state index in [-0.39, 0.29) is 12.2 Å². The minimum Gasteiger partial charge on any atom is -0.294 e. The van der Waals surface area contributed by atoms with Crippen LogP contribution >= 0.6 is 0 Å². The van der Waals surface area contributed by atoms with Crippen LogP contribution in [0.5, 0.6) is 0 Å². The summed E-state index contributed by atoms with van der Waals surface area (Å²) in [6.07, 6.45) is 0.0715. The van der Waals surface area contributed by atoms with Crippen LogP contribution in [-0.4, -0.2) is 5.78 Å². The lowest BCUT2D eigenvalue weighted by Gasteiger charge is -2.05. The number of carbonyl (C=O) groups is 1. The van der Waals surface area contributed by atoms with Gasteiger partial charge >= 0.3 is 0 Å². The molecule has 0 heterocycles. The van der Waals surface area contributed by atoms with Crippen molar-refractivity contribution >= 4 is 5.78 Å². The quantitative estimate of drug-likeness (QED) is 0.755. The molecule has 1 nitrogen and oxygen atoms in total. The van der Waals surface area contributed by atoms with Gasteiger partial charge in [-0.25, -0.2) is 8.78 Å². The van der Waals surface area contributed by atoms with Crippen molar-refractivity contribution in [1.82, 2.24) is 0 Å². The Hall–Kier alpha value is -2.03. The van der Waals surface area contributed by atoms with Crippen LogP contribution in [0, 0.1) is 18.6 Å². The van der Waals surface area contributed by atoms with Gasteiger partial charge in [-0.3, -0.25) is 4.79 Å². The zero-order chi connectivity index (χ0) is 13.1. The summed E-state index contributed by atoms with van der Waals surface area (Å²) in [7, 11) is 0. The van der Waals surface area contributed by atoms with E-state index in [9.17, 15) is 13.6 Å². The standard InChI is InChI=1S/C15H12F2O/c1-10-4-2-3-5-12(10)15(18)9-11-6-7-13(16)14(17)8-11/h2-8H,9H2,1H3. The van der Waals surface area contributed by atoms with E-state index in [1.54, 1.807) is 12.1 Å².